The monoisotopic (exact) mass is 308 g/mol. The average molecular weight is 308 g/mol. The van der Waals surface area contributed by atoms with Crippen molar-refractivity contribution in [1.82, 2.24) is 0 Å². The van der Waals surface area contributed by atoms with Crippen molar-refractivity contribution in [3.63, 3.8) is 0 Å². The SMILES string of the molecule is CCCC1CCc2c(sc(NC(=O)C(C)C)c2C(N)=O)C1. The van der Waals surface area contributed by atoms with E-state index in [0.29, 0.717) is 16.5 Å². The van der Waals surface area contributed by atoms with E-state index in [2.05, 4.69) is 12.2 Å². The molecule has 0 fully saturated rings. The second kappa shape index (κ2) is 6.60. The first-order valence-corrected chi connectivity index (χ1v) is 8.50. The van der Waals surface area contributed by atoms with Crippen molar-refractivity contribution in [2.75, 3.05) is 5.32 Å². The summed E-state index contributed by atoms with van der Waals surface area (Å²) in [4.78, 5) is 24.9. The number of rotatable bonds is 5. The Kier molecular flexibility index (Phi) is 5.04. The number of anilines is 1. The molecule has 0 spiro atoms. The highest BCUT2D eigenvalue weighted by atomic mass is 32.1. The lowest BCUT2D eigenvalue weighted by Crippen LogP contribution is -2.21. The summed E-state index contributed by atoms with van der Waals surface area (Å²) in [6.07, 6.45) is 5.41. The van der Waals surface area contributed by atoms with Crippen LogP contribution in [0.4, 0.5) is 5.00 Å². The molecule has 0 aromatic carbocycles. The van der Waals surface area contributed by atoms with Gasteiger partial charge in [-0.2, -0.15) is 0 Å². The summed E-state index contributed by atoms with van der Waals surface area (Å²) in [5, 5.41) is 3.52. The van der Waals surface area contributed by atoms with E-state index >= 15 is 0 Å². The topological polar surface area (TPSA) is 72.2 Å². The van der Waals surface area contributed by atoms with Gasteiger partial charge < -0.3 is 11.1 Å². The number of carbonyl (C=O) groups excluding carboxylic acids is 2. The Morgan fingerprint density at radius 3 is 2.71 bits per heavy atom. The smallest absolute Gasteiger partial charge is 0.251 e. The molecule has 3 N–H and O–H groups in total. The van der Waals surface area contributed by atoms with Crippen LogP contribution in [0.1, 0.15) is 60.8 Å². The van der Waals surface area contributed by atoms with Crippen LogP contribution in [-0.4, -0.2) is 11.8 Å². The van der Waals surface area contributed by atoms with Crippen LogP contribution in [0.2, 0.25) is 0 Å². The first-order valence-electron chi connectivity index (χ1n) is 7.69. The van der Waals surface area contributed by atoms with Gasteiger partial charge in [-0.1, -0.05) is 33.6 Å². The molecule has 5 heteroatoms. The summed E-state index contributed by atoms with van der Waals surface area (Å²) >= 11 is 1.53. The summed E-state index contributed by atoms with van der Waals surface area (Å²) in [7, 11) is 0. The Labute approximate surface area is 130 Å². The highest BCUT2D eigenvalue weighted by Crippen LogP contribution is 2.40. The third-order valence-corrected chi connectivity index (χ3v) is 5.24. The zero-order valence-electron chi connectivity index (χ0n) is 13.0. The number of nitrogens with one attached hydrogen (secondary N) is 1. The number of fused-ring (bicyclic) bond motifs is 1. The van der Waals surface area contributed by atoms with E-state index in [-0.39, 0.29) is 11.8 Å². The lowest BCUT2D eigenvalue weighted by Gasteiger charge is -2.21. The fourth-order valence-electron chi connectivity index (χ4n) is 2.91. The number of hydrogen-bond donors (Lipinski definition) is 2. The molecule has 2 rings (SSSR count). The van der Waals surface area contributed by atoms with E-state index in [1.807, 2.05) is 13.8 Å². The van der Waals surface area contributed by atoms with Gasteiger partial charge in [-0.25, -0.2) is 0 Å². The standard InChI is InChI=1S/C16H24N2O2S/c1-4-5-10-6-7-11-12(8-10)21-16(13(11)14(17)19)18-15(20)9(2)3/h9-10H,4-8H2,1-3H3,(H2,17,19)(H,18,20). The molecule has 1 unspecified atom stereocenters. The van der Waals surface area contributed by atoms with Crippen LogP contribution in [0.5, 0.6) is 0 Å². The van der Waals surface area contributed by atoms with Crippen LogP contribution in [0.25, 0.3) is 0 Å². The third-order valence-electron chi connectivity index (χ3n) is 4.07. The van der Waals surface area contributed by atoms with Crippen molar-refractivity contribution in [3.8, 4) is 0 Å². The molecule has 1 atom stereocenters. The summed E-state index contributed by atoms with van der Waals surface area (Å²) in [6.45, 7) is 5.88. The van der Waals surface area contributed by atoms with Crippen molar-refractivity contribution >= 4 is 28.2 Å². The maximum Gasteiger partial charge on any atom is 0.251 e. The van der Waals surface area contributed by atoms with Crippen molar-refractivity contribution in [1.29, 1.82) is 0 Å². The lowest BCUT2D eigenvalue weighted by atomic mass is 9.84. The van der Waals surface area contributed by atoms with Gasteiger partial charge >= 0.3 is 0 Å². The van der Waals surface area contributed by atoms with Gasteiger partial charge in [0.1, 0.15) is 5.00 Å². The van der Waals surface area contributed by atoms with Crippen LogP contribution < -0.4 is 11.1 Å². The van der Waals surface area contributed by atoms with E-state index in [1.54, 1.807) is 0 Å². The maximum absolute atomic E-state index is 11.9. The predicted molar refractivity (Wildman–Crippen MR) is 86.7 cm³/mol. The quantitative estimate of drug-likeness (QED) is 0.875. The van der Waals surface area contributed by atoms with Gasteiger partial charge in [0.15, 0.2) is 0 Å². The molecule has 116 valence electrons. The normalized spacial score (nSPS) is 17.6. The minimum absolute atomic E-state index is 0.0683. The van der Waals surface area contributed by atoms with E-state index < -0.39 is 5.91 Å². The second-order valence-corrected chi connectivity index (χ2v) is 7.22. The Morgan fingerprint density at radius 1 is 1.43 bits per heavy atom. The maximum atomic E-state index is 11.9. The second-order valence-electron chi connectivity index (χ2n) is 6.11. The summed E-state index contributed by atoms with van der Waals surface area (Å²) in [6, 6.07) is 0. The first-order chi connectivity index (χ1) is 9.93. The fraction of sp³-hybridized carbons (Fsp3) is 0.625. The fourth-order valence-corrected chi connectivity index (χ4v) is 4.28. The van der Waals surface area contributed by atoms with Gasteiger partial charge in [0.25, 0.3) is 5.91 Å². The molecule has 1 heterocycles. The van der Waals surface area contributed by atoms with E-state index in [9.17, 15) is 9.59 Å². The van der Waals surface area contributed by atoms with Crippen LogP contribution in [-0.2, 0) is 17.6 Å². The van der Waals surface area contributed by atoms with Gasteiger partial charge in [0.2, 0.25) is 5.91 Å². The number of amides is 2. The molecule has 1 aliphatic rings. The van der Waals surface area contributed by atoms with Gasteiger partial charge in [0, 0.05) is 10.8 Å². The Balaban J connectivity index is 2.30. The molecule has 1 aliphatic carbocycles. The van der Waals surface area contributed by atoms with Gasteiger partial charge in [-0.3, -0.25) is 9.59 Å². The van der Waals surface area contributed by atoms with Gasteiger partial charge in [-0.15, -0.1) is 11.3 Å². The summed E-state index contributed by atoms with van der Waals surface area (Å²) in [5.41, 5.74) is 7.15. The molecule has 2 amide bonds. The number of thiophene rings is 1. The molecule has 0 radical (unpaired) electrons. The lowest BCUT2D eigenvalue weighted by molar-refractivity contribution is -0.118. The van der Waals surface area contributed by atoms with Crippen molar-refractivity contribution in [2.45, 2.75) is 52.9 Å². The van der Waals surface area contributed by atoms with Crippen molar-refractivity contribution in [2.24, 2.45) is 17.6 Å². The highest BCUT2D eigenvalue weighted by Gasteiger charge is 2.28. The Hall–Kier alpha value is -1.36. The average Bonchev–Trinajstić information content (AvgIpc) is 2.76. The Bertz CT molecular complexity index is 549. The molecule has 1 aromatic rings. The van der Waals surface area contributed by atoms with Crippen LogP contribution in [0, 0.1) is 11.8 Å². The van der Waals surface area contributed by atoms with E-state index in [1.165, 1.54) is 29.1 Å². The first kappa shape index (κ1) is 16.0. The summed E-state index contributed by atoms with van der Waals surface area (Å²) in [5.74, 6) is 0.0786. The van der Waals surface area contributed by atoms with Crippen molar-refractivity contribution < 1.29 is 9.59 Å². The zero-order chi connectivity index (χ0) is 15.6. The zero-order valence-corrected chi connectivity index (χ0v) is 13.8. The highest BCUT2D eigenvalue weighted by molar-refractivity contribution is 7.17. The van der Waals surface area contributed by atoms with Crippen LogP contribution in [0.3, 0.4) is 0 Å². The molecule has 21 heavy (non-hydrogen) atoms. The van der Waals surface area contributed by atoms with Crippen LogP contribution in [0.15, 0.2) is 0 Å². The molecule has 0 bridgehead atoms. The van der Waals surface area contributed by atoms with Gasteiger partial charge in [-0.05, 0) is 30.7 Å². The molecule has 4 nitrogen and oxygen atoms in total. The van der Waals surface area contributed by atoms with E-state index in [0.717, 1.165) is 24.8 Å². The predicted octanol–water partition coefficient (Wildman–Crippen LogP) is 3.35. The Morgan fingerprint density at radius 2 is 2.14 bits per heavy atom. The van der Waals surface area contributed by atoms with Crippen LogP contribution >= 0.6 is 11.3 Å². The molecule has 0 saturated heterocycles. The number of primary amides is 1. The van der Waals surface area contributed by atoms with Crippen molar-refractivity contribution in [3.05, 3.63) is 16.0 Å². The summed E-state index contributed by atoms with van der Waals surface area (Å²) < 4.78 is 0. The minimum atomic E-state index is -0.430. The number of nitrogens with two attached hydrogens (primary N) is 1. The molecule has 1 aromatic heterocycles. The molecule has 0 saturated carbocycles. The third kappa shape index (κ3) is 3.46. The molecular weight excluding hydrogens is 284 g/mol. The van der Waals surface area contributed by atoms with Gasteiger partial charge in [0.05, 0.1) is 5.56 Å². The molecule has 0 aliphatic heterocycles. The largest absolute Gasteiger partial charge is 0.365 e. The number of carbonyl (C=O) groups is 2. The van der Waals surface area contributed by atoms with E-state index in [4.69, 9.17) is 5.73 Å². The minimum Gasteiger partial charge on any atom is -0.365 e. The number of hydrogen-bond acceptors (Lipinski definition) is 3. The molecular formula is C16H24N2O2S.